The Morgan fingerprint density at radius 3 is 2.48 bits per heavy atom. The van der Waals surface area contributed by atoms with Crippen molar-refractivity contribution in [3.05, 3.63) is 16.4 Å². The topological polar surface area (TPSA) is 84.2 Å². The number of hydrogen-bond acceptors (Lipinski definition) is 6. The highest BCUT2D eigenvalue weighted by Crippen LogP contribution is 2.38. The first-order chi connectivity index (χ1) is 9.84. The molecule has 2 heterocycles. The van der Waals surface area contributed by atoms with Gasteiger partial charge in [-0.25, -0.2) is 9.97 Å². The van der Waals surface area contributed by atoms with Gasteiger partial charge in [0.05, 0.1) is 10.8 Å². The summed E-state index contributed by atoms with van der Waals surface area (Å²) in [6.45, 7) is 0.149. The molecule has 0 saturated carbocycles. The fraction of sp³-hybridized carbons (Fsp3) is 0.636. The van der Waals surface area contributed by atoms with Crippen LogP contribution in [0.5, 0.6) is 0 Å². The number of piperidine rings is 1. The molecule has 2 rings (SSSR count). The summed E-state index contributed by atoms with van der Waals surface area (Å²) in [6, 6.07) is 0. The van der Waals surface area contributed by atoms with E-state index in [1.807, 2.05) is 0 Å². The third-order valence-corrected chi connectivity index (χ3v) is 3.48. The lowest BCUT2D eigenvalue weighted by Crippen LogP contribution is -2.39. The van der Waals surface area contributed by atoms with Gasteiger partial charge in [-0.1, -0.05) is 0 Å². The fourth-order valence-electron chi connectivity index (χ4n) is 2.37. The summed E-state index contributed by atoms with van der Waals surface area (Å²) in [5.74, 6) is -1.26. The molecule has 7 nitrogen and oxygen atoms in total. The Morgan fingerprint density at radius 1 is 1.38 bits per heavy atom. The zero-order valence-corrected chi connectivity index (χ0v) is 11.2. The molecular formula is C11H14F3N5O2. The molecular weight excluding hydrogens is 291 g/mol. The van der Waals surface area contributed by atoms with Gasteiger partial charge < -0.3 is 10.2 Å². The first-order valence-electron chi connectivity index (χ1n) is 6.33. The number of rotatable bonds is 3. The van der Waals surface area contributed by atoms with Crippen LogP contribution in [0.3, 0.4) is 0 Å². The SMILES string of the molecule is CNc1ncnc(N2CCC(C(F)(F)F)CC2)c1[N+](=O)[O-]. The molecule has 0 amide bonds. The zero-order valence-electron chi connectivity index (χ0n) is 11.2. The van der Waals surface area contributed by atoms with Crippen molar-refractivity contribution in [2.75, 3.05) is 30.4 Å². The van der Waals surface area contributed by atoms with Crippen LogP contribution in [-0.4, -0.2) is 41.2 Å². The molecule has 0 radical (unpaired) electrons. The Kier molecular flexibility index (Phi) is 4.14. The Morgan fingerprint density at radius 2 is 2.00 bits per heavy atom. The number of alkyl halides is 3. The molecule has 0 atom stereocenters. The second-order valence-electron chi connectivity index (χ2n) is 4.70. The van der Waals surface area contributed by atoms with Gasteiger partial charge in [-0.3, -0.25) is 10.1 Å². The average molecular weight is 305 g/mol. The van der Waals surface area contributed by atoms with Crippen molar-refractivity contribution < 1.29 is 18.1 Å². The molecule has 1 aliphatic rings. The van der Waals surface area contributed by atoms with Gasteiger partial charge in [-0.2, -0.15) is 13.2 Å². The average Bonchev–Trinajstić information content (AvgIpc) is 2.45. The number of halogens is 3. The van der Waals surface area contributed by atoms with Gasteiger partial charge in [0, 0.05) is 20.1 Å². The molecule has 0 aromatic carbocycles. The minimum absolute atomic E-state index is 0.0444. The predicted octanol–water partition coefficient (Wildman–Crippen LogP) is 2.21. The highest BCUT2D eigenvalue weighted by molar-refractivity contribution is 5.70. The number of nitro groups is 1. The number of nitrogens with one attached hydrogen (secondary N) is 1. The van der Waals surface area contributed by atoms with Crippen LogP contribution in [0.4, 0.5) is 30.5 Å². The molecule has 116 valence electrons. The lowest BCUT2D eigenvalue weighted by atomic mass is 9.96. The van der Waals surface area contributed by atoms with Crippen LogP contribution in [-0.2, 0) is 0 Å². The Labute approximate surface area is 118 Å². The first kappa shape index (κ1) is 15.3. The number of anilines is 2. The predicted molar refractivity (Wildman–Crippen MR) is 69.2 cm³/mol. The second-order valence-corrected chi connectivity index (χ2v) is 4.70. The Hall–Kier alpha value is -2.13. The standard InChI is InChI=1S/C11H14F3N5O2/c1-15-9-8(19(20)21)10(17-6-16-9)18-4-2-7(3-5-18)11(12,13)14/h6-7H,2-5H2,1H3,(H,15,16,17). The molecule has 1 N–H and O–H groups in total. The minimum atomic E-state index is -4.22. The highest BCUT2D eigenvalue weighted by atomic mass is 19.4. The molecule has 0 bridgehead atoms. The van der Waals surface area contributed by atoms with E-state index in [0.717, 1.165) is 6.33 Å². The maximum atomic E-state index is 12.6. The molecule has 1 aromatic heterocycles. The van der Waals surface area contributed by atoms with E-state index in [1.54, 1.807) is 0 Å². The zero-order chi connectivity index (χ0) is 15.6. The van der Waals surface area contributed by atoms with Crippen LogP contribution >= 0.6 is 0 Å². The summed E-state index contributed by atoms with van der Waals surface area (Å²) in [5, 5.41) is 13.7. The maximum Gasteiger partial charge on any atom is 0.391 e. The largest absolute Gasteiger partial charge is 0.391 e. The lowest BCUT2D eigenvalue weighted by molar-refractivity contribution is -0.383. The smallest absolute Gasteiger partial charge is 0.367 e. The molecule has 1 aliphatic heterocycles. The van der Waals surface area contributed by atoms with Crippen LogP contribution < -0.4 is 10.2 Å². The van der Waals surface area contributed by atoms with E-state index in [2.05, 4.69) is 15.3 Å². The molecule has 21 heavy (non-hydrogen) atoms. The van der Waals surface area contributed by atoms with Crippen LogP contribution in [0.15, 0.2) is 6.33 Å². The Bertz CT molecular complexity index is 529. The molecule has 0 spiro atoms. The molecule has 1 fully saturated rings. The van der Waals surface area contributed by atoms with E-state index in [4.69, 9.17) is 0 Å². The van der Waals surface area contributed by atoms with Gasteiger partial charge in [0.1, 0.15) is 6.33 Å². The van der Waals surface area contributed by atoms with Crippen molar-refractivity contribution in [2.45, 2.75) is 19.0 Å². The fourth-order valence-corrected chi connectivity index (χ4v) is 2.37. The third-order valence-electron chi connectivity index (χ3n) is 3.48. The van der Waals surface area contributed by atoms with Crippen molar-refractivity contribution in [1.29, 1.82) is 0 Å². The third kappa shape index (κ3) is 3.14. The van der Waals surface area contributed by atoms with E-state index in [9.17, 15) is 23.3 Å². The quantitative estimate of drug-likeness (QED) is 0.681. The normalized spacial score (nSPS) is 16.9. The summed E-state index contributed by atoms with van der Waals surface area (Å²) in [5.41, 5.74) is -0.314. The van der Waals surface area contributed by atoms with Crippen molar-refractivity contribution in [3.8, 4) is 0 Å². The molecule has 1 saturated heterocycles. The maximum absolute atomic E-state index is 12.6. The number of hydrogen-bond donors (Lipinski definition) is 1. The molecule has 10 heteroatoms. The number of nitrogens with zero attached hydrogens (tertiary/aromatic N) is 4. The highest BCUT2D eigenvalue weighted by Gasteiger charge is 2.42. The van der Waals surface area contributed by atoms with Crippen LogP contribution in [0, 0.1) is 16.0 Å². The lowest BCUT2D eigenvalue weighted by Gasteiger charge is -2.33. The summed E-state index contributed by atoms with van der Waals surface area (Å²) < 4.78 is 37.9. The molecule has 0 unspecified atom stereocenters. The van der Waals surface area contributed by atoms with Gasteiger partial charge in [-0.15, -0.1) is 0 Å². The molecule has 0 aliphatic carbocycles. The monoisotopic (exact) mass is 305 g/mol. The van der Waals surface area contributed by atoms with Crippen molar-refractivity contribution in [1.82, 2.24) is 9.97 Å². The van der Waals surface area contributed by atoms with E-state index < -0.39 is 17.0 Å². The van der Waals surface area contributed by atoms with Gasteiger partial charge in [-0.05, 0) is 12.8 Å². The van der Waals surface area contributed by atoms with Gasteiger partial charge in [0.25, 0.3) is 0 Å². The summed E-state index contributed by atoms with van der Waals surface area (Å²) >= 11 is 0. The van der Waals surface area contributed by atoms with E-state index in [0.29, 0.717) is 0 Å². The summed E-state index contributed by atoms with van der Waals surface area (Å²) in [6.07, 6.45) is -3.26. The van der Waals surface area contributed by atoms with Crippen LogP contribution in [0.25, 0.3) is 0 Å². The Balaban J connectivity index is 2.23. The van der Waals surface area contributed by atoms with Crippen LogP contribution in [0.2, 0.25) is 0 Å². The van der Waals surface area contributed by atoms with E-state index in [-0.39, 0.29) is 43.3 Å². The van der Waals surface area contributed by atoms with E-state index in [1.165, 1.54) is 11.9 Å². The second kappa shape index (κ2) is 5.70. The summed E-state index contributed by atoms with van der Waals surface area (Å²) in [7, 11) is 1.48. The first-order valence-corrected chi connectivity index (χ1v) is 6.33. The van der Waals surface area contributed by atoms with Crippen LogP contribution in [0.1, 0.15) is 12.8 Å². The minimum Gasteiger partial charge on any atom is -0.367 e. The van der Waals surface area contributed by atoms with Crippen molar-refractivity contribution >= 4 is 17.3 Å². The molecule has 1 aromatic rings. The van der Waals surface area contributed by atoms with Gasteiger partial charge in [0.2, 0.25) is 11.6 Å². The summed E-state index contributed by atoms with van der Waals surface area (Å²) in [4.78, 5) is 19.7. The van der Waals surface area contributed by atoms with E-state index >= 15 is 0 Å². The number of aromatic nitrogens is 2. The van der Waals surface area contributed by atoms with Gasteiger partial charge >= 0.3 is 11.9 Å². The van der Waals surface area contributed by atoms with Crippen molar-refractivity contribution in [3.63, 3.8) is 0 Å². The van der Waals surface area contributed by atoms with Gasteiger partial charge in [0.15, 0.2) is 0 Å². The van der Waals surface area contributed by atoms with Crippen molar-refractivity contribution in [2.24, 2.45) is 5.92 Å².